The molecule has 1 atom stereocenters. The summed E-state index contributed by atoms with van der Waals surface area (Å²) >= 11 is 0. The Bertz CT molecular complexity index is 1230. The van der Waals surface area contributed by atoms with E-state index in [0.717, 1.165) is 86.6 Å². The van der Waals surface area contributed by atoms with Crippen molar-refractivity contribution in [3.05, 3.63) is 59.4 Å². The number of nitrogens with zero attached hydrogens (tertiary/aromatic N) is 5. The number of hydrogen-bond donors (Lipinski definition) is 1. The van der Waals surface area contributed by atoms with Crippen molar-refractivity contribution in [1.82, 2.24) is 19.4 Å². The van der Waals surface area contributed by atoms with Crippen LogP contribution in [0.25, 0.3) is 11.0 Å². The van der Waals surface area contributed by atoms with Gasteiger partial charge in [-0.1, -0.05) is 30.3 Å². The third kappa shape index (κ3) is 4.62. The van der Waals surface area contributed by atoms with E-state index >= 15 is 0 Å². The highest BCUT2D eigenvalue weighted by atomic mass is 16.4. The first-order valence-electron chi connectivity index (χ1n) is 12.5. The Hall–Kier alpha value is -3.39. The summed E-state index contributed by atoms with van der Waals surface area (Å²) in [4.78, 5) is 34.6. The van der Waals surface area contributed by atoms with Gasteiger partial charge in [-0.05, 0) is 37.5 Å². The number of piperazine rings is 1. The zero-order valence-corrected chi connectivity index (χ0v) is 20.5. The molecule has 184 valence electrons. The van der Waals surface area contributed by atoms with Crippen LogP contribution in [0.15, 0.2) is 42.5 Å². The molecule has 1 N–H and O–H groups in total. The van der Waals surface area contributed by atoms with Crippen LogP contribution < -0.4 is 4.90 Å². The van der Waals surface area contributed by atoms with Gasteiger partial charge in [0.15, 0.2) is 0 Å². The zero-order valence-electron chi connectivity index (χ0n) is 20.5. The van der Waals surface area contributed by atoms with Crippen molar-refractivity contribution < 1.29 is 14.7 Å². The van der Waals surface area contributed by atoms with Crippen LogP contribution in [-0.2, 0) is 24.2 Å². The van der Waals surface area contributed by atoms with Crippen LogP contribution in [0.1, 0.15) is 37.2 Å². The van der Waals surface area contributed by atoms with Crippen molar-refractivity contribution in [1.29, 1.82) is 0 Å². The molecule has 3 heterocycles. The minimum absolute atomic E-state index is 0.0444. The molecule has 8 nitrogen and oxygen atoms in total. The second kappa shape index (κ2) is 9.70. The first-order chi connectivity index (χ1) is 16.9. The fraction of sp³-hybridized carbons (Fsp3) is 0.444. The number of hydrogen-bond acceptors (Lipinski definition) is 4. The molecule has 2 amide bonds. The van der Waals surface area contributed by atoms with Crippen LogP contribution in [0, 0.1) is 0 Å². The number of imidazole rings is 1. The number of aryl methyl sites for hydroxylation is 1. The lowest BCUT2D eigenvalue weighted by atomic mass is 9.96. The summed E-state index contributed by atoms with van der Waals surface area (Å²) in [5.74, 6) is 1.15. The smallest absolute Gasteiger partial charge is 0.412 e. The van der Waals surface area contributed by atoms with Crippen molar-refractivity contribution in [3.63, 3.8) is 0 Å². The Morgan fingerprint density at radius 2 is 1.77 bits per heavy atom. The van der Waals surface area contributed by atoms with Gasteiger partial charge in [0, 0.05) is 64.2 Å². The van der Waals surface area contributed by atoms with E-state index in [0.29, 0.717) is 0 Å². The van der Waals surface area contributed by atoms with E-state index in [1.807, 2.05) is 42.2 Å². The molecule has 0 aliphatic carbocycles. The number of amides is 2. The highest BCUT2D eigenvalue weighted by Crippen LogP contribution is 2.36. The molecular weight excluding hydrogens is 442 g/mol. The molecule has 1 aromatic heterocycles. The molecule has 2 aliphatic rings. The van der Waals surface area contributed by atoms with Gasteiger partial charge in [-0.15, -0.1) is 0 Å². The van der Waals surface area contributed by atoms with Crippen LogP contribution in [0.4, 0.5) is 10.5 Å². The predicted octanol–water partition coefficient (Wildman–Crippen LogP) is 3.61. The quantitative estimate of drug-likeness (QED) is 0.610. The van der Waals surface area contributed by atoms with Gasteiger partial charge in [0.05, 0.1) is 16.7 Å². The monoisotopic (exact) mass is 475 g/mol. The minimum atomic E-state index is -0.911. The van der Waals surface area contributed by atoms with Gasteiger partial charge in [0.1, 0.15) is 5.82 Å². The first-order valence-corrected chi connectivity index (χ1v) is 12.5. The van der Waals surface area contributed by atoms with Gasteiger partial charge >= 0.3 is 6.09 Å². The fourth-order valence-electron chi connectivity index (χ4n) is 5.46. The number of carbonyl (C=O) groups excluding carboxylic acids is 1. The molecule has 1 unspecified atom stereocenters. The summed E-state index contributed by atoms with van der Waals surface area (Å²) in [6, 6.07) is 14.3. The molecule has 5 rings (SSSR count). The third-order valence-electron chi connectivity index (χ3n) is 7.46. The Labute approximate surface area is 205 Å². The molecule has 0 spiro atoms. The molecule has 0 radical (unpaired) electrons. The van der Waals surface area contributed by atoms with E-state index in [9.17, 15) is 14.7 Å². The summed E-state index contributed by atoms with van der Waals surface area (Å²) in [6.07, 6.45) is 1.43. The van der Waals surface area contributed by atoms with E-state index < -0.39 is 6.09 Å². The Morgan fingerprint density at radius 3 is 2.46 bits per heavy atom. The van der Waals surface area contributed by atoms with Crippen LogP contribution >= 0.6 is 0 Å². The molecule has 0 saturated carbocycles. The average Bonchev–Trinajstić information content (AvgIpc) is 3.20. The molecule has 1 saturated heterocycles. The summed E-state index contributed by atoms with van der Waals surface area (Å²) in [5, 5.41) is 9.83. The summed E-state index contributed by atoms with van der Waals surface area (Å²) in [6.45, 7) is 8.58. The number of anilines is 1. The van der Waals surface area contributed by atoms with Gasteiger partial charge < -0.3 is 14.6 Å². The van der Waals surface area contributed by atoms with E-state index in [-0.39, 0.29) is 11.9 Å². The third-order valence-corrected chi connectivity index (χ3v) is 7.46. The van der Waals surface area contributed by atoms with Crippen LogP contribution in [0.2, 0.25) is 0 Å². The Kier molecular flexibility index (Phi) is 6.47. The van der Waals surface area contributed by atoms with E-state index in [2.05, 4.69) is 21.6 Å². The maximum Gasteiger partial charge on any atom is 0.412 e. The van der Waals surface area contributed by atoms with Gasteiger partial charge in [-0.2, -0.15) is 0 Å². The molecule has 35 heavy (non-hydrogen) atoms. The van der Waals surface area contributed by atoms with E-state index in [1.165, 1.54) is 10.5 Å². The van der Waals surface area contributed by atoms with Gasteiger partial charge in [-0.25, -0.2) is 9.78 Å². The highest BCUT2D eigenvalue weighted by Gasteiger charge is 2.30. The SMILES string of the molecule is CC(=O)N1CCN(CCn2c(Cc3ccccc3)nc3c4c(ccc32)N(C(=O)O)C(C)CC4)CC1. The van der Waals surface area contributed by atoms with Crippen molar-refractivity contribution >= 4 is 28.7 Å². The number of aromatic nitrogens is 2. The van der Waals surface area contributed by atoms with Crippen molar-refractivity contribution in [2.24, 2.45) is 0 Å². The lowest BCUT2D eigenvalue weighted by Gasteiger charge is -2.34. The Balaban J connectivity index is 1.48. The molecule has 1 fully saturated rings. The number of carboxylic acid groups (broad SMARTS) is 1. The Morgan fingerprint density at radius 1 is 1.03 bits per heavy atom. The largest absolute Gasteiger partial charge is 0.465 e. The van der Waals surface area contributed by atoms with Crippen molar-refractivity contribution in [3.8, 4) is 0 Å². The van der Waals surface area contributed by atoms with Crippen molar-refractivity contribution in [2.45, 2.75) is 45.7 Å². The van der Waals surface area contributed by atoms with Gasteiger partial charge in [0.2, 0.25) is 5.91 Å². The number of benzene rings is 2. The molecule has 2 aliphatic heterocycles. The van der Waals surface area contributed by atoms with Gasteiger partial charge in [0.25, 0.3) is 0 Å². The topological polar surface area (TPSA) is 81.9 Å². The zero-order chi connectivity index (χ0) is 24.5. The predicted molar refractivity (Wildman–Crippen MR) is 136 cm³/mol. The maximum absolute atomic E-state index is 12.0. The number of fused-ring (bicyclic) bond motifs is 3. The standard InChI is InChI=1S/C27H33N5O3/c1-19-8-9-22-23(32(19)27(34)35)10-11-24-26(22)28-25(18-21-6-4-3-5-7-21)31(24)17-14-29-12-15-30(16-13-29)20(2)33/h3-7,10-11,19H,8-9,12-18H2,1-2H3,(H,34,35). The van der Waals surface area contributed by atoms with Gasteiger partial charge in [-0.3, -0.25) is 14.6 Å². The van der Waals surface area contributed by atoms with Crippen LogP contribution in [0.3, 0.4) is 0 Å². The normalized spacial score (nSPS) is 18.6. The van der Waals surface area contributed by atoms with Crippen LogP contribution in [-0.4, -0.2) is 75.2 Å². The summed E-state index contributed by atoms with van der Waals surface area (Å²) < 4.78 is 2.31. The second-order valence-corrected chi connectivity index (χ2v) is 9.66. The maximum atomic E-state index is 12.0. The van der Waals surface area contributed by atoms with Crippen molar-refractivity contribution in [2.75, 3.05) is 37.6 Å². The number of rotatable bonds is 5. The van der Waals surface area contributed by atoms with E-state index in [1.54, 1.807) is 6.92 Å². The number of carbonyl (C=O) groups is 2. The lowest BCUT2D eigenvalue weighted by Crippen LogP contribution is -2.48. The molecule has 3 aromatic rings. The summed E-state index contributed by atoms with van der Waals surface area (Å²) in [5.41, 5.74) is 4.99. The van der Waals surface area contributed by atoms with Crippen LogP contribution in [0.5, 0.6) is 0 Å². The fourth-order valence-corrected chi connectivity index (χ4v) is 5.46. The summed E-state index contributed by atoms with van der Waals surface area (Å²) in [7, 11) is 0. The highest BCUT2D eigenvalue weighted by molar-refractivity contribution is 5.94. The minimum Gasteiger partial charge on any atom is -0.465 e. The average molecular weight is 476 g/mol. The molecule has 8 heteroatoms. The van der Waals surface area contributed by atoms with E-state index in [4.69, 9.17) is 4.98 Å². The molecular formula is C27H33N5O3. The molecule has 0 bridgehead atoms. The lowest BCUT2D eigenvalue weighted by molar-refractivity contribution is -0.130. The first kappa shape index (κ1) is 23.4. The second-order valence-electron chi connectivity index (χ2n) is 9.66. The molecule has 2 aromatic carbocycles.